The number of imidazole rings is 1. The standard InChI is InChI=1S/C14H18N2O3/c1-17-12-9-13-15-5-6-16(13)10-11(12)14(18-2)3-7-19-8-4-14/h5-6,9-10H,3-4,7-8H2,1-2H3. The van der Waals surface area contributed by atoms with E-state index in [4.69, 9.17) is 14.2 Å². The van der Waals surface area contributed by atoms with Gasteiger partial charge >= 0.3 is 0 Å². The number of methoxy groups -OCH3 is 2. The van der Waals surface area contributed by atoms with Gasteiger partial charge in [-0.15, -0.1) is 0 Å². The summed E-state index contributed by atoms with van der Waals surface area (Å²) in [6.07, 6.45) is 7.43. The molecule has 0 amide bonds. The van der Waals surface area contributed by atoms with Crippen LogP contribution in [0.5, 0.6) is 5.75 Å². The number of hydrogen-bond acceptors (Lipinski definition) is 4. The smallest absolute Gasteiger partial charge is 0.140 e. The van der Waals surface area contributed by atoms with Gasteiger partial charge in [0.1, 0.15) is 17.0 Å². The average molecular weight is 262 g/mol. The van der Waals surface area contributed by atoms with Crippen LogP contribution < -0.4 is 4.74 Å². The second-order valence-electron chi connectivity index (χ2n) is 4.76. The normalized spacial score (nSPS) is 18.6. The molecule has 3 heterocycles. The van der Waals surface area contributed by atoms with Crippen LogP contribution >= 0.6 is 0 Å². The summed E-state index contributed by atoms with van der Waals surface area (Å²) in [5.74, 6) is 0.822. The van der Waals surface area contributed by atoms with Crippen molar-refractivity contribution in [3.63, 3.8) is 0 Å². The molecule has 0 spiro atoms. The Labute approximate surface area is 112 Å². The number of nitrogens with zero attached hydrogens (tertiary/aromatic N) is 2. The van der Waals surface area contributed by atoms with Gasteiger partial charge in [-0.25, -0.2) is 4.98 Å². The third-order valence-corrected chi connectivity index (χ3v) is 3.89. The molecule has 2 aromatic rings. The molecule has 0 N–H and O–H groups in total. The number of pyridine rings is 1. The van der Waals surface area contributed by atoms with E-state index < -0.39 is 0 Å². The van der Waals surface area contributed by atoms with E-state index in [9.17, 15) is 0 Å². The van der Waals surface area contributed by atoms with Crippen molar-refractivity contribution in [2.45, 2.75) is 18.4 Å². The molecule has 0 unspecified atom stereocenters. The Kier molecular flexibility index (Phi) is 3.16. The first kappa shape index (κ1) is 12.4. The van der Waals surface area contributed by atoms with Crippen molar-refractivity contribution in [2.24, 2.45) is 0 Å². The quantitative estimate of drug-likeness (QED) is 0.848. The van der Waals surface area contributed by atoms with Crippen LogP contribution in [0.25, 0.3) is 5.65 Å². The molecule has 2 aromatic heterocycles. The minimum absolute atomic E-state index is 0.331. The van der Waals surface area contributed by atoms with Crippen molar-refractivity contribution < 1.29 is 14.2 Å². The maximum absolute atomic E-state index is 5.84. The van der Waals surface area contributed by atoms with Gasteiger partial charge in [-0.3, -0.25) is 0 Å². The van der Waals surface area contributed by atoms with Gasteiger partial charge in [0.25, 0.3) is 0 Å². The predicted octanol–water partition coefficient (Wildman–Crippen LogP) is 1.99. The van der Waals surface area contributed by atoms with E-state index in [-0.39, 0.29) is 5.60 Å². The third kappa shape index (κ3) is 1.99. The Morgan fingerprint density at radius 2 is 2.11 bits per heavy atom. The molecule has 0 bridgehead atoms. The molecule has 3 rings (SSSR count). The van der Waals surface area contributed by atoms with E-state index in [1.54, 1.807) is 20.4 Å². The van der Waals surface area contributed by atoms with E-state index in [1.807, 2.05) is 16.7 Å². The molecule has 1 fully saturated rings. The van der Waals surface area contributed by atoms with Crippen molar-refractivity contribution in [1.29, 1.82) is 0 Å². The Balaban J connectivity index is 2.15. The third-order valence-electron chi connectivity index (χ3n) is 3.89. The lowest BCUT2D eigenvalue weighted by Gasteiger charge is -2.37. The summed E-state index contributed by atoms with van der Waals surface area (Å²) in [6, 6.07) is 1.95. The van der Waals surface area contributed by atoms with Crippen molar-refractivity contribution in [3.05, 3.63) is 30.2 Å². The number of ether oxygens (including phenoxy) is 3. The second-order valence-corrected chi connectivity index (χ2v) is 4.76. The molecule has 1 saturated heterocycles. The fourth-order valence-corrected chi connectivity index (χ4v) is 2.74. The zero-order valence-electron chi connectivity index (χ0n) is 11.3. The number of aromatic nitrogens is 2. The predicted molar refractivity (Wildman–Crippen MR) is 70.5 cm³/mol. The van der Waals surface area contributed by atoms with Crippen molar-refractivity contribution in [1.82, 2.24) is 9.38 Å². The Morgan fingerprint density at radius 1 is 1.32 bits per heavy atom. The van der Waals surface area contributed by atoms with Gasteiger partial charge in [-0.05, 0) is 0 Å². The van der Waals surface area contributed by atoms with Gasteiger partial charge in [0, 0.05) is 63.4 Å². The van der Waals surface area contributed by atoms with Crippen LogP contribution in [-0.4, -0.2) is 36.8 Å². The summed E-state index contributed by atoms with van der Waals surface area (Å²) in [7, 11) is 3.43. The van der Waals surface area contributed by atoms with Crippen LogP contribution in [0, 0.1) is 0 Å². The summed E-state index contributed by atoms with van der Waals surface area (Å²) in [6.45, 7) is 1.41. The first-order valence-corrected chi connectivity index (χ1v) is 6.43. The lowest BCUT2D eigenvalue weighted by molar-refractivity contribution is -0.0959. The monoisotopic (exact) mass is 262 g/mol. The highest BCUT2D eigenvalue weighted by molar-refractivity contribution is 5.50. The fourth-order valence-electron chi connectivity index (χ4n) is 2.74. The van der Waals surface area contributed by atoms with Crippen molar-refractivity contribution in [3.8, 4) is 5.75 Å². The molecule has 0 saturated carbocycles. The van der Waals surface area contributed by atoms with E-state index >= 15 is 0 Å². The van der Waals surface area contributed by atoms with E-state index in [2.05, 4.69) is 11.2 Å². The summed E-state index contributed by atoms with van der Waals surface area (Å²) in [5, 5.41) is 0. The Bertz CT molecular complexity index is 573. The van der Waals surface area contributed by atoms with Crippen molar-refractivity contribution in [2.75, 3.05) is 27.4 Å². The van der Waals surface area contributed by atoms with Gasteiger partial charge < -0.3 is 18.6 Å². The van der Waals surface area contributed by atoms with E-state index in [0.717, 1.165) is 29.8 Å². The SMILES string of the molecule is COc1cc2nccn2cc1C1(OC)CCOCC1. The van der Waals surface area contributed by atoms with Crippen LogP contribution in [0.15, 0.2) is 24.7 Å². The van der Waals surface area contributed by atoms with Crippen molar-refractivity contribution >= 4 is 5.65 Å². The van der Waals surface area contributed by atoms with Crippen LogP contribution in [-0.2, 0) is 15.1 Å². The molecule has 0 atom stereocenters. The summed E-state index contributed by atoms with van der Waals surface area (Å²) < 4.78 is 18.8. The fraction of sp³-hybridized carbons (Fsp3) is 0.500. The molecule has 1 aliphatic heterocycles. The van der Waals surface area contributed by atoms with Gasteiger partial charge in [0.05, 0.1) is 7.11 Å². The molecule has 19 heavy (non-hydrogen) atoms. The van der Waals surface area contributed by atoms with Crippen LogP contribution in [0.1, 0.15) is 18.4 Å². The summed E-state index contributed by atoms with van der Waals surface area (Å²) >= 11 is 0. The number of rotatable bonds is 3. The molecule has 1 aliphatic rings. The highest BCUT2D eigenvalue weighted by Crippen LogP contribution is 2.40. The highest BCUT2D eigenvalue weighted by atomic mass is 16.5. The van der Waals surface area contributed by atoms with Crippen LogP contribution in [0.3, 0.4) is 0 Å². The largest absolute Gasteiger partial charge is 0.496 e. The van der Waals surface area contributed by atoms with Crippen LogP contribution in [0.2, 0.25) is 0 Å². The second kappa shape index (κ2) is 4.83. The van der Waals surface area contributed by atoms with Gasteiger partial charge in [0.2, 0.25) is 0 Å². The average Bonchev–Trinajstić information content (AvgIpc) is 2.93. The van der Waals surface area contributed by atoms with E-state index in [1.165, 1.54) is 0 Å². The minimum Gasteiger partial charge on any atom is -0.496 e. The Hall–Kier alpha value is -1.59. The van der Waals surface area contributed by atoms with Gasteiger partial charge in [-0.2, -0.15) is 0 Å². The summed E-state index contributed by atoms with van der Waals surface area (Å²) in [5.41, 5.74) is 1.60. The first-order valence-electron chi connectivity index (χ1n) is 6.43. The zero-order valence-corrected chi connectivity index (χ0v) is 11.3. The van der Waals surface area contributed by atoms with E-state index in [0.29, 0.717) is 13.2 Å². The topological polar surface area (TPSA) is 45.0 Å². The lowest BCUT2D eigenvalue weighted by atomic mass is 9.86. The van der Waals surface area contributed by atoms with Gasteiger partial charge in [-0.1, -0.05) is 0 Å². The lowest BCUT2D eigenvalue weighted by Crippen LogP contribution is -2.36. The van der Waals surface area contributed by atoms with Gasteiger partial charge in [0.15, 0.2) is 0 Å². The first-order chi connectivity index (χ1) is 9.29. The highest BCUT2D eigenvalue weighted by Gasteiger charge is 2.37. The molecule has 5 heteroatoms. The molecule has 0 aliphatic carbocycles. The molecule has 0 radical (unpaired) electrons. The molecular formula is C14H18N2O3. The van der Waals surface area contributed by atoms with Crippen LogP contribution in [0.4, 0.5) is 0 Å². The summed E-state index contributed by atoms with van der Waals surface area (Å²) in [4.78, 5) is 4.28. The Morgan fingerprint density at radius 3 is 2.79 bits per heavy atom. The minimum atomic E-state index is -0.331. The maximum atomic E-state index is 5.84. The zero-order chi connectivity index (χ0) is 13.3. The molecule has 5 nitrogen and oxygen atoms in total. The number of fused-ring (bicyclic) bond motifs is 1. The molecule has 0 aromatic carbocycles. The maximum Gasteiger partial charge on any atom is 0.140 e. The number of hydrogen-bond donors (Lipinski definition) is 0. The molecule has 102 valence electrons. The molecular weight excluding hydrogens is 244 g/mol.